The van der Waals surface area contributed by atoms with Crippen LogP contribution < -0.4 is 5.32 Å². The zero-order valence-corrected chi connectivity index (χ0v) is 13.0. The fourth-order valence-electron chi connectivity index (χ4n) is 2.04. The monoisotopic (exact) mass is 311 g/mol. The van der Waals surface area contributed by atoms with Gasteiger partial charge in [0.15, 0.2) is 0 Å². The number of carbonyl (C=O) groups is 2. The van der Waals surface area contributed by atoms with Crippen molar-refractivity contribution in [1.29, 1.82) is 0 Å². The standard InChI is InChI=1S/C16H22FNO4/c1-10(2)8-14(19)15(20)18-13(16(21)22-3)9-11-6-4-5-7-12(11)17/h4-7,10,13-14,19H,8-9H2,1-3H3,(H,18,20)/t13-,14-/m0/s1. The molecular weight excluding hydrogens is 289 g/mol. The first-order valence-electron chi connectivity index (χ1n) is 7.14. The minimum Gasteiger partial charge on any atom is -0.467 e. The first kappa shape index (κ1) is 18.1. The number of halogens is 1. The second kappa shape index (κ2) is 8.48. The van der Waals surface area contributed by atoms with Crippen molar-refractivity contribution in [2.75, 3.05) is 7.11 Å². The summed E-state index contributed by atoms with van der Waals surface area (Å²) in [5.74, 6) is -1.69. The number of rotatable bonds is 7. The van der Waals surface area contributed by atoms with Gasteiger partial charge in [-0.2, -0.15) is 0 Å². The Hall–Kier alpha value is -1.95. The van der Waals surface area contributed by atoms with E-state index in [1.54, 1.807) is 6.07 Å². The van der Waals surface area contributed by atoms with Gasteiger partial charge in [0, 0.05) is 6.42 Å². The van der Waals surface area contributed by atoms with Crippen LogP contribution in [0.3, 0.4) is 0 Å². The topological polar surface area (TPSA) is 75.6 Å². The Labute approximate surface area is 129 Å². The van der Waals surface area contributed by atoms with E-state index in [0.29, 0.717) is 0 Å². The Kier molecular flexibility index (Phi) is 6.98. The van der Waals surface area contributed by atoms with Crippen LogP contribution in [0.1, 0.15) is 25.8 Å². The molecular formula is C16H22FNO4. The molecule has 0 fully saturated rings. The van der Waals surface area contributed by atoms with Crippen LogP contribution in [0.15, 0.2) is 24.3 Å². The van der Waals surface area contributed by atoms with E-state index in [0.717, 1.165) is 0 Å². The maximum atomic E-state index is 13.7. The van der Waals surface area contributed by atoms with Crippen LogP contribution in [0.25, 0.3) is 0 Å². The van der Waals surface area contributed by atoms with Crippen LogP contribution in [-0.4, -0.2) is 36.2 Å². The number of nitrogens with one attached hydrogen (secondary N) is 1. The predicted molar refractivity (Wildman–Crippen MR) is 79.5 cm³/mol. The van der Waals surface area contributed by atoms with E-state index in [1.165, 1.54) is 25.3 Å². The first-order valence-corrected chi connectivity index (χ1v) is 7.14. The number of hydrogen-bond donors (Lipinski definition) is 2. The summed E-state index contributed by atoms with van der Waals surface area (Å²) in [6.45, 7) is 3.74. The van der Waals surface area contributed by atoms with Gasteiger partial charge in [0.2, 0.25) is 5.91 Å². The summed E-state index contributed by atoms with van der Waals surface area (Å²) >= 11 is 0. The smallest absolute Gasteiger partial charge is 0.328 e. The Balaban J connectivity index is 2.79. The summed E-state index contributed by atoms with van der Waals surface area (Å²) in [7, 11) is 1.19. The third kappa shape index (κ3) is 5.44. The van der Waals surface area contributed by atoms with Gasteiger partial charge in [-0.05, 0) is 24.0 Å². The van der Waals surface area contributed by atoms with Gasteiger partial charge in [-0.1, -0.05) is 32.0 Å². The SMILES string of the molecule is COC(=O)[C@H](Cc1ccccc1F)NC(=O)[C@@H](O)CC(C)C. The van der Waals surface area contributed by atoms with Crippen LogP contribution in [0.2, 0.25) is 0 Å². The fourth-order valence-corrected chi connectivity index (χ4v) is 2.04. The van der Waals surface area contributed by atoms with Gasteiger partial charge in [-0.25, -0.2) is 9.18 Å². The second-order valence-corrected chi connectivity index (χ2v) is 5.53. The molecule has 0 heterocycles. The Bertz CT molecular complexity index is 519. The van der Waals surface area contributed by atoms with Gasteiger partial charge in [-0.15, -0.1) is 0 Å². The molecule has 0 saturated heterocycles. The number of ether oxygens (including phenoxy) is 1. The van der Waals surface area contributed by atoms with Crippen molar-refractivity contribution in [2.24, 2.45) is 5.92 Å². The zero-order valence-electron chi connectivity index (χ0n) is 13.0. The van der Waals surface area contributed by atoms with E-state index in [4.69, 9.17) is 0 Å². The Morgan fingerprint density at radius 1 is 1.32 bits per heavy atom. The fraction of sp³-hybridized carbons (Fsp3) is 0.500. The number of hydrogen-bond acceptors (Lipinski definition) is 4. The number of methoxy groups -OCH3 is 1. The summed E-state index contributed by atoms with van der Waals surface area (Å²) in [6, 6.07) is 4.94. The highest BCUT2D eigenvalue weighted by Crippen LogP contribution is 2.11. The molecule has 1 amide bonds. The van der Waals surface area contributed by atoms with Gasteiger partial charge >= 0.3 is 5.97 Å². The first-order chi connectivity index (χ1) is 10.3. The van der Waals surface area contributed by atoms with Gasteiger partial charge in [0.25, 0.3) is 0 Å². The van der Waals surface area contributed by atoms with Crippen LogP contribution in [0.5, 0.6) is 0 Å². The average molecular weight is 311 g/mol. The van der Waals surface area contributed by atoms with Crippen molar-refractivity contribution in [3.63, 3.8) is 0 Å². The lowest BCUT2D eigenvalue weighted by Crippen LogP contribution is -2.47. The number of carbonyl (C=O) groups excluding carboxylic acids is 2. The Morgan fingerprint density at radius 3 is 2.50 bits per heavy atom. The van der Waals surface area contributed by atoms with E-state index in [2.05, 4.69) is 10.1 Å². The molecule has 0 unspecified atom stereocenters. The van der Waals surface area contributed by atoms with E-state index in [1.807, 2.05) is 13.8 Å². The molecule has 0 aliphatic rings. The molecule has 1 aromatic carbocycles. The molecule has 0 aliphatic carbocycles. The highest BCUT2D eigenvalue weighted by atomic mass is 19.1. The molecule has 0 spiro atoms. The molecule has 0 saturated carbocycles. The number of aliphatic hydroxyl groups is 1. The van der Waals surface area contributed by atoms with Gasteiger partial charge in [-0.3, -0.25) is 4.79 Å². The lowest BCUT2D eigenvalue weighted by atomic mass is 10.0. The van der Waals surface area contributed by atoms with Crippen molar-refractivity contribution < 1.29 is 23.8 Å². The van der Waals surface area contributed by atoms with Gasteiger partial charge in [0.05, 0.1) is 7.11 Å². The van der Waals surface area contributed by atoms with Crippen LogP contribution in [0, 0.1) is 11.7 Å². The summed E-state index contributed by atoms with van der Waals surface area (Å²) in [4.78, 5) is 23.7. The van der Waals surface area contributed by atoms with Gasteiger partial charge < -0.3 is 15.2 Å². The molecule has 2 N–H and O–H groups in total. The molecule has 6 heteroatoms. The van der Waals surface area contributed by atoms with Crippen LogP contribution in [0.4, 0.5) is 4.39 Å². The lowest BCUT2D eigenvalue weighted by Gasteiger charge is -2.19. The third-order valence-corrected chi connectivity index (χ3v) is 3.18. The van der Waals surface area contributed by atoms with E-state index in [-0.39, 0.29) is 24.3 Å². The molecule has 0 aliphatic heterocycles. The lowest BCUT2D eigenvalue weighted by molar-refractivity contribution is -0.146. The molecule has 1 rings (SSSR count). The van der Waals surface area contributed by atoms with E-state index < -0.39 is 29.8 Å². The van der Waals surface area contributed by atoms with Gasteiger partial charge in [0.1, 0.15) is 18.0 Å². The molecule has 0 radical (unpaired) electrons. The normalized spacial score (nSPS) is 13.5. The van der Waals surface area contributed by atoms with Crippen molar-refractivity contribution in [3.05, 3.63) is 35.6 Å². The molecule has 22 heavy (non-hydrogen) atoms. The van der Waals surface area contributed by atoms with Crippen LogP contribution >= 0.6 is 0 Å². The molecule has 0 aromatic heterocycles. The highest BCUT2D eigenvalue weighted by molar-refractivity contribution is 5.87. The molecule has 1 aromatic rings. The van der Waals surface area contributed by atoms with Crippen LogP contribution in [-0.2, 0) is 20.7 Å². The minimum atomic E-state index is -1.22. The molecule has 5 nitrogen and oxygen atoms in total. The summed E-state index contributed by atoms with van der Waals surface area (Å²) in [5.41, 5.74) is 0.288. The van der Waals surface area contributed by atoms with Crippen molar-refractivity contribution >= 4 is 11.9 Å². The number of aliphatic hydroxyl groups excluding tert-OH is 1. The van der Waals surface area contributed by atoms with E-state index in [9.17, 15) is 19.1 Å². The number of esters is 1. The quantitative estimate of drug-likeness (QED) is 0.747. The maximum absolute atomic E-state index is 13.7. The van der Waals surface area contributed by atoms with E-state index >= 15 is 0 Å². The number of amides is 1. The summed E-state index contributed by atoms with van der Waals surface area (Å²) in [6.07, 6.45) is -0.980. The average Bonchev–Trinajstić information content (AvgIpc) is 2.47. The molecule has 2 atom stereocenters. The summed E-state index contributed by atoms with van der Waals surface area (Å²) < 4.78 is 18.3. The Morgan fingerprint density at radius 2 is 1.95 bits per heavy atom. The summed E-state index contributed by atoms with van der Waals surface area (Å²) in [5, 5.41) is 12.2. The largest absolute Gasteiger partial charge is 0.467 e. The third-order valence-electron chi connectivity index (χ3n) is 3.18. The highest BCUT2D eigenvalue weighted by Gasteiger charge is 2.26. The number of benzene rings is 1. The molecule has 122 valence electrons. The second-order valence-electron chi connectivity index (χ2n) is 5.53. The molecule has 0 bridgehead atoms. The maximum Gasteiger partial charge on any atom is 0.328 e. The van der Waals surface area contributed by atoms with Crippen molar-refractivity contribution in [3.8, 4) is 0 Å². The predicted octanol–water partition coefficient (Wildman–Crippen LogP) is 1.43. The minimum absolute atomic E-state index is 0.0422. The zero-order chi connectivity index (χ0) is 16.7. The van der Waals surface area contributed by atoms with Crippen molar-refractivity contribution in [1.82, 2.24) is 5.32 Å². The van der Waals surface area contributed by atoms with Crippen molar-refractivity contribution in [2.45, 2.75) is 38.8 Å².